The topological polar surface area (TPSA) is 24.1 Å². The number of anilines is 1. The zero-order valence-electron chi connectivity index (χ0n) is 15.4. The maximum atomic E-state index is 13.1. The van der Waals surface area contributed by atoms with Crippen LogP contribution in [0.1, 0.15) is 28.3 Å². The fourth-order valence-electron chi connectivity index (χ4n) is 3.02. The van der Waals surface area contributed by atoms with Crippen LogP contribution in [0.25, 0.3) is 0 Å². The molecule has 1 atom stereocenters. The zero-order chi connectivity index (χ0) is 21.0. The van der Waals surface area contributed by atoms with E-state index in [2.05, 4.69) is 10.6 Å². The van der Waals surface area contributed by atoms with Crippen LogP contribution in [0.3, 0.4) is 0 Å². The standard InChI is InChI=1S/C22H18ClF3N2S/c1-14-7-5-6-10-17(14)20(15-8-3-2-4-9-15)28-21(29)27-16-11-12-19(23)18(13-16)22(24,25)26/h2-13,20H,1H3,(H2,27,28,29)/t20-/m0/s1. The fraction of sp³-hybridized carbons (Fsp3) is 0.136. The average Bonchev–Trinajstić information content (AvgIpc) is 2.68. The predicted octanol–water partition coefficient (Wildman–Crippen LogP) is 6.74. The number of benzene rings is 3. The van der Waals surface area contributed by atoms with Crippen LogP contribution in [0.15, 0.2) is 72.8 Å². The Bertz CT molecular complexity index is 1010. The number of hydrogen-bond acceptors (Lipinski definition) is 1. The number of thiocarbonyl (C=S) groups is 1. The molecule has 2 N–H and O–H groups in total. The van der Waals surface area contributed by atoms with Crippen LogP contribution < -0.4 is 10.6 Å². The molecule has 0 radical (unpaired) electrons. The smallest absolute Gasteiger partial charge is 0.352 e. The van der Waals surface area contributed by atoms with Crippen molar-refractivity contribution in [3.63, 3.8) is 0 Å². The third-order valence-corrected chi connectivity index (χ3v) is 4.99. The monoisotopic (exact) mass is 434 g/mol. The zero-order valence-corrected chi connectivity index (χ0v) is 17.0. The van der Waals surface area contributed by atoms with Crippen molar-refractivity contribution in [1.29, 1.82) is 0 Å². The molecular weight excluding hydrogens is 417 g/mol. The van der Waals surface area contributed by atoms with Gasteiger partial charge in [-0.25, -0.2) is 0 Å². The van der Waals surface area contributed by atoms with Gasteiger partial charge < -0.3 is 10.6 Å². The normalized spacial score (nSPS) is 12.3. The van der Waals surface area contributed by atoms with Gasteiger partial charge in [-0.2, -0.15) is 13.2 Å². The summed E-state index contributed by atoms with van der Waals surface area (Å²) < 4.78 is 39.3. The van der Waals surface area contributed by atoms with Crippen molar-refractivity contribution in [2.75, 3.05) is 5.32 Å². The third-order valence-electron chi connectivity index (χ3n) is 4.44. The molecule has 0 aliphatic rings. The maximum absolute atomic E-state index is 13.1. The summed E-state index contributed by atoms with van der Waals surface area (Å²) in [5.74, 6) is 0. The summed E-state index contributed by atoms with van der Waals surface area (Å²) >= 11 is 11.1. The molecule has 3 rings (SSSR count). The van der Waals surface area contributed by atoms with Crippen molar-refractivity contribution in [2.45, 2.75) is 19.1 Å². The first-order chi connectivity index (χ1) is 13.8. The highest BCUT2D eigenvalue weighted by Crippen LogP contribution is 2.36. The summed E-state index contributed by atoms with van der Waals surface area (Å²) in [6.07, 6.45) is -4.54. The van der Waals surface area contributed by atoms with E-state index in [4.69, 9.17) is 23.8 Å². The van der Waals surface area contributed by atoms with E-state index in [1.807, 2.05) is 61.5 Å². The Morgan fingerprint density at radius 3 is 2.28 bits per heavy atom. The molecule has 3 aromatic carbocycles. The van der Waals surface area contributed by atoms with E-state index in [1.54, 1.807) is 0 Å². The van der Waals surface area contributed by atoms with Gasteiger partial charge in [-0.1, -0.05) is 66.2 Å². The van der Waals surface area contributed by atoms with Crippen LogP contribution >= 0.6 is 23.8 Å². The lowest BCUT2D eigenvalue weighted by molar-refractivity contribution is -0.137. The highest BCUT2D eigenvalue weighted by Gasteiger charge is 2.33. The Morgan fingerprint density at radius 1 is 0.966 bits per heavy atom. The number of halogens is 4. The van der Waals surface area contributed by atoms with Crippen LogP contribution in [0.2, 0.25) is 5.02 Å². The summed E-state index contributed by atoms with van der Waals surface area (Å²) in [5, 5.41) is 5.90. The van der Waals surface area contributed by atoms with Crippen LogP contribution in [0.4, 0.5) is 18.9 Å². The molecule has 0 saturated carbocycles. The van der Waals surface area contributed by atoms with Gasteiger partial charge in [-0.3, -0.25) is 0 Å². The lowest BCUT2D eigenvalue weighted by atomic mass is 9.95. The Morgan fingerprint density at radius 2 is 1.62 bits per heavy atom. The Hall–Kier alpha value is -2.57. The van der Waals surface area contributed by atoms with Gasteiger partial charge in [0, 0.05) is 5.69 Å². The summed E-state index contributed by atoms with van der Waals surface area (Å²) in [7, 11) is 0. The second kappa shape index (κ2) is 8.84. The van der Waals surface area contributed by atoms with E-state index < -0.39 is 11.7 Å². The van der Waals surface area contributed by atoms with Crippen molar-refractivity contribution in [2.24, 2.45) is 0 Å². The molecule has 0 fully saturated rings. The number of aryl methyl sites for hydroxylation is 1. The number of hydrogen-bond donors (Lipinski definition) is 2. The molecule has 0 aliphatic carbocycles. The molecule has 29 heavy (non-hydrogen) atoms. The van der Waals surface area contributed by atoms with E-state index in [9.17, 15) is 13.2 Å². The minimum Gasteiger partial charge on any atom is -0.352 e. The summed E-state index contributed by atoms with van der Waals surface area (Å²) in [6.45, 7) is 2.00. The third kappa shape index (κ3) is 5.28. The van der Waals surface area contributed by atoms with E-state index in [0.29, 0.717) is 0 Å². The fourth-order valence-corrected chi connectivity index (χ4v) is 3.48. The molecule has 0 bridgehead atoms. The first kappa shape index (κ1) is 21.1. The van der Waals surface area contributed by atoms with E-state index in [1.165, 1.54) is 12.1 Å². The van der Waals surface area contributed by atoms with Gasteiger partial charge in [-0.15, -0.1) is 0 Å². The molecule has 0 aromatic heterocycles. The van der Waals surface area contributed by atoms with E-state index >= 15 is 0 Å². The van der Waals surface area contributed by atoms with Gasteiger partial charge in [0.05, 0.1) is 16.6 Å². The Labute approximate surface area is 177 Å². The molecule has 150 valence electrons. The minimum absolute atomic E-state index is 0.204. The van der Waals surface area contributed by atoms with Gasteiger partial charge in [0.1, 0.15) is 0 Å². The van der Waals surface area contributed by atoms with E-state index in [0.717, 1.165) is 22.8 Å². The summed E-state index contributed by atoms with van der Waals surface area (Å²) in [5.41, 5.74) is 2.37. The number of alkyl halides is 3. The van der Waals surface area contributed by atoms with E-state index in [-0.39, 0.29) is 21.9 Å². The van der Waals surface area contributed by atoms with Crippen molar-refractivity contribution in [1.82, 2.24) is 5.32 Å². The number of nitrogens with one attached hydrogen (secondary N) is 2. The largest absolute Gasteiger partial charge is 0.417 e. The molecule has 7 heteroatoms. The highest BCUT2D eigenvalue weighted by atomic mass is 35.5. The van der Waals surface area contributed by atoms with Crippen molar-refractivity contribution >= 4 is 34.6 Å². The van der Waals surface area contributed by atoms with Crippen molar-refractivity contribution < 1.29 is 13.2 Å². The maximum Gasteiger partial charge on any atom is 0.417 e. The Balaban J connectivity index is 1.86. The van der Waals surface area contributed by atoms with Gasteiger partial charge >= 0.3 is 6.18 Å². The first-order valence-electron chi connectivity index (χ1n) is 8.80. The number of rotatable bonds is 4. The van der Waals surface area contributed by atoms with Gasteiger partial charge in [-0.05, 0) is 54.0 Å². The van der Waals surface area contributed by atoms with Gasteiger partial charge in [0.25, 0.3) is 0 Å². The van der Waals surface area contributed by atoms with Crippen molar-refractivity contribution in [3.05, 3.63) is 100 Å². The molecule has 0 heterocycles. The van der Waals surface area contributed by atoms with Crippen LogP contribution in [-0.4, -0.2) is 5.11 Å². The van der Waals surface area contributed by atoms with Crippen LogP contribution in [0.5, 0.6) is 0 Å². The second-order valence-electron chi connectivity index (χ2n) is 6.49. The lowest BCUT2D eigenvalue weighted by Crippen LogP contribution is -2.33. The molecule has 0 unspecified atom stereocenters. The molecular formula is C22H18ClF3N2S. The Kier molecular flexibility index (Phi) is 6.45. The average molecular weight is 435 g/mol. The highest BCUT2D eigenvalue weighted by molar-refractivity contribution is 7.80. The molecule has 0 amide bonds. The predicted molar refractivity (Wildman–Crippen MR) is 115 cm³/mol. The summed E-state index contributed by atoms with van der Waals surface area (Å²) in [6, 6.07) is 20.9. The van der Waals surface area contributed by atoms with Crippen LogP contribution in [-0.2, 0) is 6.18 Å². The SMILES string of the molecule is Cc1ccccc1[C@@H](NC(=S)Nc1ccc(Cl)c(C(F)(F)F)c1)c1ccccc1. The second-order valence-corrected chi connectivity index (χ2v) is 7.31. The minimum atomic E-state index is -4.54. The first-order valence-corrected chi connectivity index (χ1v) is 9.59. The quantitative estimate of drug-likeness (QED) is 0.444. The molecule has 0 spiro atoms. The lowest BCUT2D eigenvalue weighted by Gasteiger charge is -2.23. The molecule has 0 saturated heterocycles. The van der Waals surface area contributed by atoms with Crippen LogP contribution in [0, 0.1) is 6.92 Å². The molecule has 0 aliphatic heterocycles. The summed E-state index contributed by atoms with van der Waals surface area (Å²) in [4.78, 5) is 0. The van der Waals surface area contributed by atoms with Gasteiger partial charge in [0.2, 0.25) is 0 Å². The molecule has 3 aromatic rings. The van der Waals surface area contributed by atoms with Gasteiger partial charge in [0.15, 0.2) is 5.11 Å². The molecule has 2 nitrogen and oxygen atoms in total. The van der Waals surface area contributed by atoms with Crippen molar-refractivity contribution in [3.8, 4) is 0 Å².